The van der Waals surface area contributed by atoms with Crippen LogP contribution in [0, 0.1) is 11.8 Å². The van der Waals surface area contributed by atoms with E-state index in [1.807, 2.05) is 30.3 Å². The minimum atomic E-state index is -0.0575. The van der Waals surface area contributed by atoms with Crippen molar-refractivity contribution in [3.63, 3.8) is 0 Å². The summed E-state index contributed by atoms with van der Waals surface area (Å²) in [7, 11) is 0. The number of benzene rings is 1. The maximum Gasteiger partial charge on any atom is 0.315 e. The van der Waals surface area contributed by atoms with Crippen molar-refractivity contribution in [2.75, 3.05) is 6.54 Å². The molecule has 0 radical (unpaired) electrons. The van der Waals surface area contributed by atoms with Crippen LogP contribution in [0.1, 0.15) is 31.7 Å². The standard InChI is InChI=1S/C15H22N2O/c1-12-6-5-9-14(12)11-17-15(18)16-10-13-7-3-2-4-8-13/h2-4,7-8,12,14H,5-6,9-11H2,1H3,(H2,16,17,18). The number of hydrogen-bond donors (Lipinski definition) is 2. The first-order chi connectivity index (χ1) is 8.75. The lowest BCUT2D eigenvalue weighted by Crippen LogP contribution is -2.38. The molecule has 3 heteroatoms. The Hall–Kier alpha value is -1.51. The molecule has 98 valence electrons. The minimum Gasteiger partial charge on any atom is -0.338 e. The van der Waals surface area contributed by atoms with Crippen LogP contribution < -0.4 is 10.6 Å². The number of rotatable bonds is 4. The van der Waals surface area contributed by atoms with E-state index in [2.05, 4.69) is 17.6 Å². The van der Waals surface area contributed by atoms with Crippen LogP contribution in [0.15, 0.2) is 30.3 Å². The average molecular weight is 246 g/mol. The minimum absolute atomic E-state index is 0.0575. The molecule has 2 amide bonds. The molecule has 0 aromatic heterocycles. The topological polar surface area (TPSA) is 41.1 Å². The van der Waals surface area contributed by atoms with Gasteiger partial charge in [0.2, 0.25) is 0 Å². The molecule has 0 heterocycles. The molecule has 0 aliphatic heterocycles. The fraction of sp³-hybridized carbons (Fsp3) is 0.533. The summed E-state index contributed by atoms with van der Waals surface area (Å²) in [6.07, 6.45) is 3.86. The zero-order valence-electron chi connectivity index (χ0n) is 11.0. The lowest BCUT2D eigenvalue weighted by Gasteiger charge is -2.16. The molecule has 18 heavy (non-hydrogen) atoms. The summed E-state index contributed by atoms with van der Waals surface area (Å²) in [5.41, 5.74) is 1.13. The van der Waals surface area contributed by atoms with Gasteiger partial charge in [0.25, 0.3) is 0 Å². The van der Waals surface area contributed by atoms with E-state index in [0.717, 1.165) is 18.0 Å². The zero-order valence-corrected chi connectivity index (χ0v) is 11.0. The van der Waals surface area contributed by atoms with Crippen LogP contribution in [0.5, 0.6) is 0 Å². The Morgan fingerprint density at radius 2 is 2.00 bits per heavy atom. The van der Waals surface area contributed by atoms with Gasteiger partial charge in [-0.1, -0.05) is 50.1 Å². The van der Waals surface area contributed by atoms with Crippen LogP contribution in [0.3, 0.4) is 0 Å². The number of carbonyl (C=O) groups is 1. The first kappa shape index (κ1) is 12.9. The quantitative estimate of drug-likeness (QED) is 0.842. The summed E-state index contributed by atoms with van der Waals surface area (Å²) in [4.78, 5) is 11.7. The van der Waals surface area contributed by atoms with Crippen molar-refractivity contribution in [3.8, 4) is 0 Å². The summed E-state index contributed by atoms with van der Waals surface area (Å²) in [6, 6.07) is 9.91. The molecule has 2 rings (SSSR count). The lowest BCUT2D eigenvalue weighted by molar-refractivity contribution is 0.237. The molecule has 1 aromatic rings. The summed E-state index contributed by atoms with van der Waals surface area (Å²) in [5.74, 6) is 1.41. The molecule has 1 aliphatic carbocycles. The molecule has 0 spiro atoms. The molecule has 1 aliphatic rings. The number of carbonyl (C=O) groups excluding carboxylic acids is 1. The summed E-state index contributed by atoms with van der Waals surface area (Å²) >= 11 is 0. The molecule has 2 atom stereocenters. The maximum absolute atomic E-state index is 11.7. The fourth-order valence-electron chi connectivity index (χ4n) is 2.59. The molecule has 1 fully saturated rings. The van der Waals surface area contributed by atoms with Gasteiger partial charge in [0.1, 0.15) is 0 Å². The third kappa shape index (κ3) is 3.76. The average Bonchev–Trinajstić information content (AvgIpc) is 2.81. The maximum atomic E-state index is 11.7. The van der Waals surface area contributed by atoms with Gasteiger partial charge in [-0.05, 0) is 23.8 Å². The third-order valence-electron chi connectivity index (χ3n) is 3.86. The molecule has 2 unspecified atom stereocenters. The SMILES string of the molecule is CC1CCCC1CNC(=O)NCc1ccccc1. The van der Waals surface area contributed by atoms with E-state index in [1.54, 1.807) is 0 Å². The van der Waals surface area contributed by atoms with Gasteiger partial charge in [0.15, 0.2) is 0 Å². The number of nitrogens with one attached hydrogen (secondary N) is 2. The van der Waals surface area contributed by atoms with E-state index < -0.39 is 0 Å². The normalized spacial score (nSPS) is 22.7. The van der Waals surface area contributed by atoms with Crippen LogP contribution in [0.2, 0.25) is 0 Å². The molecule has 3 nitrogen and oxygen atoms in total. The Morgan fingerprint density at radius 3 is 2.67 bits per heavy atom. The second kappa shape index (κ2) is 6.43. The Labute approximate surface area is 109 Å². The largest absolute Gasteiger partial charge is 0.338 e. The van der Waals surface area contributed by atoms with Crippen molar-refractivity contribution in [1.82, 2.24) is 10.6 Å². The van der Waals surface area contributed by atoms with Crippen molar-refractivity contribution < 1.29 is 4.79 Å². The number of amides is 2. The highest BCUT2D eigenvalue weighted by Crippen LogP contribution is 2.30. The Balaban J connectivity index is 1.66. The number of hydrogen-bond acceptors (Lipinski definition) is 1. The molecular weight excluding hydrogens is 224 g/mol. The predicted molar refractivity (Wildman–Crippen MR) is 73.2 cm³/mol. The highest BCUT2D eigenvalue weighted by molar-refractivity contribution is 5.73. The van der Waals surface area contributed by atoms with E-state index in [4.69, 9.17) is 0 Å². The number of urea groups is 1. The van der Waals surface area contributed by atoms with Crippen LogP contribution in [0.4, 0.5) is 4.79 Å². The van der Waals surface area contributed by atoms with Crippen LogP contribution in [-0.4, -0.2) is 12.6 Å². The smallest absolute Gasteiger partial charge is 0.315 e. The highest BCUT2D eigenvalue weighted by Gasteiger charge is 2.23. The van der Waals surface area contributed by atoms with Gasteiger partial charge in [-0.25, -0.2) is 4.79 Å². The van der Waals surface area contributed by atoms with Gasteiger partial charge < -0.3 is 10.6 Å². The van der Waals surface area contributed by atoms with Crippen LogP contribution in [0.25, 0.3) is 0 Å². The fourth-order valence-corrected chi connectivity index (χ4v) is 2.59. The van der Waals surface area contributed by atoms with E-state index in [1.165, 1.54) is 19.3 Å². The van der Waals surface area contributed by atoms with Crippen molar-refractivity contribution in [1.29, 1.82) is 0 Å². The Morgan fingerprint density at radius 1 is 1.22 bits per heavy atom. The van der Waals surface area contributed by atoms with Gasteiger partial charge >= 0.3 is 6.03 Å². The van der Waals surface area contributed by atoms with Gasteiger partial charge in [-0.15, -0.1) is 0 Å². The first-order valence-corrected chi connectivity index (χ1v) is 6.81. The molecule has 1 aromatic carbocycles. The van der Waals surface area contributed by atoms with E-state index >= 15 is 0 Å². The lowest BCUT2D eigenvalue weighted by atomic mass is 9.98. The summed E-state index contributed by atoms with van der Waals surface area (Å²) in [6.45, 7) is 3.68. The molecular formula is C15H22N2O. The van der Waals surface area contributed by atoms with E-state index in [-0.39, 0.29) is 6.03 Å². The molecule has 1 saturated carbocycles. The van der Waals surface area contributed by atoms with Crippen molar-refractivity contribution in [2.45, 2.75) is 32.7 Å². The summed E-state index contributed by atoms with van der Waals surface area (Å²) in [5, 5.41) is 5.86. The highest BCUT2D eigenvalue weighted by atomic mass is 16.2. The zero-order chi connectivity index (χ0) is 12.8. The third-order valence-corrected chi connectivity index (χ3v) is 3.86. The van der Waals surface area contributed by atoms with Crippen molar-refractivity contribution >= 4 is 6.03 Å². The van der Waals surface area contributed by atoms with Gasteiger partial charge in [-0.2, -0.15) is 0 Å². The monoisotopic (exact) mass is 246 g/mol. The van der Waals surface area contributed by atoms with E-state index in [9.17, 15) is 4.79 Å². The Kier molecular flexibility index (Phi) is 4.62. The molecule has 0 saturated heterocycles. The van der Waals surface area contributed by atoms with Crippen LogP contribution >= 0.6 is 0 Å². The molecule has 2 N–H and O–H groups in total. The van der Waals surface area contributed by atoms with Crippen LogP contribution in [-0.2, 0) is 6.54 Å². The van der Waals surface area contributed by atoms with Crippen molar-refractivity contribution in [3.05, 3.63) is 35.9 Å². The second-order valence-corrected chi connectivity index (χ2v) is 5.22. The Bertz CT molecular complexity index is 377. The van der Waals surface area contributed by atoms with Gasteiger partial charge in [0.05, 0.1) is 0 Å². The van der Waals surface area contributed by atoms with E-state index in [0.29, 0.717) is 12.5 Å². The second-order valence-electron chi connectivity index (χ2n) is 5.22. The molecule has 0 bridgehead atoms. The van der Waals surface area contributed by atoms with Gasteiger partial charge in [-0.3, -0.25) is 0 Å². The summed E-state index contributed by atoms with van der Waals surface area (Å²) < 4.78 is 0. The first-order valence-electron chi connectivity index (χ1n) is 6.81. The predicted octanol–water partition coefficient (Wildman–Crippen LogP) is 2.92. The van der Waals surface area contributed by atoms with Gasteiger partial charge in [0, 0.05) is 13.1 Å². The van der Waals surface area contributed by atoms with Crippen molar-refractivity contribution in [2.24, 2.45) is 11.8 Å².